The largest absolute Gasteiger partial charge is 0.490 e. The molecule has 4 heteroatoms. The maximum atomic E-state index is 5.87. The van der Waals surface area contributed by atoms with E-state index in [1.807, 2.05) is 36.4 Å². The lowest BCUT2D eigenvalue weighted by atomic mass is 10.3. The van der Waals surface area contributed by atoms with Gasteiger partial charge in [-0.15, -0.1) is 11.6 Å². The SMILES string of the molecule is CCCOc1ccccc1Oc1ncccc1CCl. The van der Waals surface area contributed by atoms with E-state index < -0.39 is 0 Å². The summed E-state index contributed by atoms with van der Waals surface area (Å²) in [7, 11) is 0. The second-order valence-electron chi connectivity index (χ2n) is 4.00. The van der Waals surface area contributed by atoms with E-state index >= 15 is 0 Å². The number of halogens is 1. The van der Waals surface area contributed by atoms with E-state index in [4.69, 9.17) is 21.1 Å². The Balaban J connectivity index is 2.22. The van der Waals surface area contributed by atoms with Crippen molar-refractivity contribution in [2.24, 2.45) is 0 Å². The zero-order chi connectivity index (χ0) is 13.5. The molecule has 0 fully saturated rings. The average Bonchev–Trinajstić information content (AvgIpc) is 2.47. The molecule has 0 unspecified atom stereocenters. The molecule has 100 valence electrons. The van der Waals surface area contributed by atoms with Crippen LogP contribution in [0.15, 0.2) is 42.6 Å². The van der Waals surface area contributed by atoms with Crippen LogP contribution in [-0.4, -0.2) is 11.6 Å². The molecule has 0 amide bonds. The van der Waals surface area contributed by atoms with Gasteiger partial charge in [0.15, 0.2) is 11.5 Å². The van der Waals surface area contributed by atoms with Crippen molar-refractivity contribution in [2.45, 2.75) is 19.2 Å². The number of pyridine rings is 1. The van der Waals surface area contributed by atoms with E-state index in [1.54, 1.807) is 6.20 Å². The minimum atomic E-state index is 0.362. The van der Waals surface area contributed by atoms with Crippen molar-refractivity contribution in [2.75, 3.05) is 6.61 Å². The molecule has 1 heterocycles. The first-order chi connectivity index (χ1) is 9.35. The zero-order valence-electron chi connectivity index (χ0n) is 10.8. The van der Waals surface area contributed by atoms with Crippen molar-refractivity contribution < 1.29 is 9.47 Å². The van der Waals surface area contributed by atoms with Crippen molar-refractivity contribution in [3.63, 3.8) is 0 Å². The molecule has 0 saturated heterocycles. The lowest BCUT2D eigenvalue weighted by Gasteiger charge is -2.12. The van der Waals surface area contributed by atoms with E-state index in [0.717, 1.165) is 17.7 Å². The molecule has 19 heavy (non-hydrogen) atoms. The second kappa shape index (κ2) is 7.00. The number of benzene rings is 1. The third-order valence-corrected chi connectivity index (χ3v) is 2.80. The maximum Gasteiger partial charge on any atom is 0.223 e. The van der Waals surface area contributed by atoms with E-state index in [0.29, 0.717) is 24.1 Å². The van der Waals surface area contributed by atoms with Gasteiger partial charge in [0, 0.05) is 11.8 Å². The molecule has 0 saturated carbocycles. The van der Waals surface area contributed by atoms with Gasteiger partial charge < -0.3 is 9.47 Å². The highest BCUT2D eigenvalue weighted by atomic mass is 35.5. The number of hydrogen-bond acceptors (Lipinski definition) is 3. The Hall–Kier alpha value is -1.74. The van der Waals surface area contributed by atoms with Crippen LogP contribution < -0.4 is 9.47 Å². The molecule has 0 radical (unpaired) electrons. The van der Waals surface area contributed by atoms with Gasteiger partial charge >= 0.3 is 0 Å². The summed E-state index contributed by atoms with van der Waals surface area (Å²) in [6.07, 6.45) is 2.63. The zero-order valence-corrected chi connectivity index (χ0v) is 11.6. The van der Waals surface area contributed by atoms with Crippen LogP contribution in [0.4, 0.5) is 0 Å². The van der Waals surface area contributed by atoms with Crippen LogP contribution in [0.5, 0.6) is 17.4 Å². The van der Waals surface area contributed by atoms with Crippen LogP contribution >= 0.6 is 11.6 Å². The minimum absolute atomic E-state index is 0.362. The molecule has 0 N–H and O–H groups in total. The van der Waals surface area contributed by atoms with Gasteiger partial charge in [-0.2, -0.15) is 0 Å². The standard InChI is InChI=1S/C15H16ClNO2/c1-2-10-18-13-7-3-4-8-14(13)19-15-12(11-16)6-5-9-17-15/h3-9H,2,10-11H2,1H3. The summed E-state index contributed by atoms with van der Waals surface area (Å²) >= 11 is 5.87. The van der Waals surface area contributed by atoms with Gasteiger partial charge in [-0.05, 0) is 24.6 Å². The summed E-state index contributed by atoms with van der Waals surface area (Å²) in [5, 5.41) is 0. The van der Waals surface area contributed by atoms with Crippen LogP contribution in [0.1, 0.15) is 18.9 Å². The fourth-order valence-electron chi connectivity index (χ4n) is 1.59. The Morgan fingerprint density at radius 1 is 1.11 bits per heavy atom. The molecular weight excluding hydrogens is 262 g/mol. The van der Waals surface area contributed by atoms with Gasteiger partial charge in [0.25, 0.3) is 0 Å². The minimum Gasteiger partial charge on any atom is -0.490 e. The van der Waals surface area contributed by atoms with Gasteiger partial charge in [-0.1, -0.05) is 25.1 Å². The predicted octanol–water partition coefficient (Wildman–Crippen LogP) is 4.40. The molecule has 0 bridgehead atoms. The molecule has 2 aromatic rings. The number of hydrogen-bond donors (Lipinski definition) is 0. The lowest BCUT2D eigenvalue weighted by molar-refractivity contribution is 0.300. The van der Waals surface area contributed by atoms with Crippen molar-refractivity contribution in [1.29, 1.82) is 0 Å². The van der Waals surface area contributed by atoms with Gasteiger partial charge in [-0.25, -0.2) is 4.98 Å². The van der Waals surface area contributed by atoms with Gasteiger partial charge in [0.1, 0.15) is 0 Å². The van der Waals surface area contributed by atoms with Crippen molar-refractivity contribution >= 4 is 11.6 Å². The first-order valence-electron chi connectivity index (χ1n) is 6.24. The highest BCUT2D eigenvalue weighted by molar-refractivity contribution is 6.17. The van der Waals surface area contributed by atoms with Gasteiger partial charge in [0.2, 0.25) is 5.88 Å². The average molecular weight is 278 g/mol. The van der Waals surface area contributed by atoms with Crippen LogP contribution in [0.2, 0.25) is 0 Å². The summed E-state index contributed by atoms with van der Waals surface area (Å²) in [5.41, 5.74) is 0.856. The predicted molar refractivity (Wildman–Crippen MR) is 76.1 cm³/mol. The molecule has 0 atom stereocenters. The number of alkyl halides is 1. The van der Waals surface area contributed by atoms with E-state index in [9.17, 15) is 0 Å². The normalized spacial score (nSPS) is 10.2. The van der Waals surface area contributed by atoms with Crippen molar-refractivity contribution in [1.82, 2.24) is 4.98 Å². The van der Waals surface area contributed by atoms with Gasteiger partial charge in [0.05, 0.1) is 12.5 Å². The molecule has 2 rings (SSSR count). The van der Waals surface area contributed by atoms with Gasteiger partial charge in [-0.3, -0.25) is 0 Å². The number of para-hydroxylation sites is 2. The Kier molecular flexibility index (Phi) is 5.04. The molecule has 0 aliphatic rings. The Morgan fingerprint density at radius 3 is 2.63 bits per heavy atom. The molecule has 0 aliphatic heterocycles. The summed E-state index contributed by atoms with van der Waals surface area (Å²) in [6.45, 7) is 2.72. The van der Waals surface area contributed by atoms with Crippen LogP contribution in [0.3, 0.4) is 0 Å². The summed E-state index contributed by atoms with van der Waals surface area (Å²) in [5.74, 6) is 2.25. The third kappa shape index (κ3) is 3.61. The van der Waals surface area contributed by atoms with E-state index in [2.05, 4.69) is 11.9 Å². The van der Waals surface area contributed by atoms with Crippen LogP contribution in [0.25, 0.3) is 0 Å². The third-order valence-electron chi connectivity index (χ3n) is 2.51. The maximum absolute atomic E-state index is 5.87. The molecule has 3 nitrogen and oxygen atoms in total. The summed E-state index contributed by atoms with van der Waals surface area (Å²) in [4.78, 5) is 4.20. The first kappa shape index (κ1) is 13.7. The van der Waals surface area contributed by atoms with Crippen molar-refractivity contribution in [3.05, 3.63) is 48.2 Å². The Morgan fingerprint density at radius 2 is 1.89 bits per heavy atom. The fourth-order valence-corrected chi connectivity index (χ4v) is 1.79. The van der Waals surface area contributed by atoms with E-state index in [1.165, 1.54) is 0 Å². The quantitative estimate of drug-likeness (QED) is 0.733. The van der Waals surface area contributed by atoms with Crippen LogP contribution in [-0.2, 0) is 5.88 Å². The number of aromatic nitrogens is 1. The van der Waals surface area contributed by atoms with E-state index in [-0.39, 0.29) is 0 Å². The molecule has 1 aromatic carbocycles. The first-order valence-corrected chi connectivity index (χ1v) is 6.78. The fraction of sp³-hybridized carbons (Fsp3) is 0.267. The highest BCUT2D eigenvalue weighted by Crippen LogP contribution is 2.32. The number of rotatable bonds is 6. The number of nitrogens with zero attached hydrogens (tertiary/aromatic N) is 1. The molecule has 0 aliphatic carbocycles. The van der Waals surface area contributed by atoms with Crippen LogP contribution in [0, 0.1) is 0 Å². The molecular formula is C15H16ClNO2. The topological polar surface area (TPSA) is 31.4 Å². The summed E-state index contributed by atoms with van der Waals surface area (Å²) in [6, 6.07) is 11.3. The van der Waals surface area contributed by atoms with Crippen molar-refractivity contribution in [3.8, 4) is 17.4 Å². The highest BCUT2D eigenvalue weighted by Gasteiger charge is 2.09. The Labute approximate surface area is 118 Å². The summed E-state index contributed by atoms with van der Waals surface area (Å²) < 4.78 is 11.5. The second-order valence-corrected chi connectivity index (χ2v) is 4.27. The Bertz CT molecular complexity index is 531. The lowest BCUT2D eigenvalue weighted by Crippen LogP contribution is -1.98. The molecule has 1 aromatic heterocycles. The number of ether oxygens (including phenoxy) is 2. The molecule has 0 spiro atoms. The smallest absolute Gasteiger partial charge is 0.223 e. The monoisotopic (exact) mass is 277 g/mol.